The molecule has 1 aliphatic carbocycles. The van der Waals surface area contributed by atoms with Gasteiger partial charge in [0.25, 0.3) is 5.91 Å². The van der Waals surface area contributed by atoms with Crippen LogP contribution in [-0.2, 0) is 21.6 Å². The SMILES string of the molecule is Cn1ccc(C(=O)N2CC3(C2)[C@@H](COCC2CC2)CCS3(=O)=O)n1. The van der Waals surface area contributed by atoms with Crippen LogP contribution >= 0.6 is 0 Å². The summed E-state index contributed by atoms with van der Waals surface area (Å²) in [5.41, 5.74) is 0.365. The molecule has 1 amide bonds. The van der Waals surface area contributed by atoms with E-state index in [9.17, 15) is 13.2 Å². The predicted molar refractivity (Wildman–Crippen MR) is 87.3 cm³/mol. The number of amides is 1. The standard InChI is InChI=1S/C16H23N3O4S/c1-18-6-4-14(17-18)15(20)19-10-16(11-19)13(5-7-24(16,21)22)9-23-8-12-2-3-12/h4,6,12-13H,2-3,5,7-11H2,1H3/t13-/m1/s1. The summed E-state index contributed by atoms with van der Waals surface area (Å²) in [6, 6.07) is 1.66. The van der Waals surface area contributed by atoms with Crippen molar-refractivity contribution in [2.24, 2.45) is 18.9 Å². The molecule has 4 rings (SSSR count). The summed E-state index contributed by atoms with van der Waals surface area (Å²) in [4.78, 5) is 14.0. The Balaban J connectivity index is 1.43. The fraction of sp³-hybridized carbons (Fsp3) is 0.750. The first-order valence-electron chi connectivity index (χ1n) is 8.50. The van der Waals surface area contributed by atoms with Crippen LogP contribution in [0.1, 0.15) is 29.8 Å². The van der Waals surface area contributed by atoms with Crippen LogP contribution < -0.4 is 0 Å². The molecule has 2 saturated heterocycles. The Labute approximate surface area is 141 Å². The highest BCUT2D eigenvalue weighted by Gasteiger charge is 2.62. The monoisotopic (exact) mass is 353 g/mol. The summed E-state index contributed by atoms with van der Waals surface area (Å²) in [7, 11) is -1.42. The van der Waals surface area contributed by atoms with Crippen LogP contribution in [0.5, 0.6) is 0 Å². The fourth-order valence-electron chi connectivity index (χ4n) is 3.80. The van der Waals surface area contributed by atoms with E-state index >= 15 is 0 Å². The second-order valence-electron chi connectivity index (χ2n) is 7.39. The average molecular weight is 353 g/mol. The number of carbonyl (C=O) groups excluding carboxylic acids is 1. The van der Waals surface area contributed by atoms with Crippen molar-refractivity contribution < 1.29 is 17.9 Å². The van der Waals surface area contributed by atoms with Crippen molar-refractivity contribution in [2.45, 2.75) is 24.0 Å². The first-order chi connectivity index (χ1) is 11.4. The minimum atomic E-state index is -3.18. The van der Waals surface area contributed by atoms with Gasteiger partial charge in [-0.05, 0) is 31.2 Å². The quantitative estimate of drug-likeness (QED) is 0.769. The van der Waals surface area contributed by atoms with Gasteiger partial charge in [0.15, 0.2) is 9.84 Å². The first kappa shape index (κ1) is 16.1. The van der Waals surface area contributed by atoms with Crippen LogP contribution in [0.25, 0.3) is 0 Å². The molecule has 0 unspecified atom stereocenters. The van der Waals surface area contributed by atoms with Gasteiger partial charge in [-0.15, -0.1) is 0 Å². The van der Waals surface area contributed by atoms with E-state index in [1.54, 1.807) is 28.9 Å². The van der Waals surface area contributed by atoms with E-state index < -0.39 is 14.6 Å². The van der Waals surface area contributed by atoms with E-state index in [0.717, 1.165) is 6.61 Å². The predicted octanol–water partition coefficient (Wildman–Crippen LogP) is 0.476. The van der Waals surface area contributed by atoms with Gasteiger partial charge < -0.3 is 9.64 Å². The molecule has 8 heteroatoms. The third-order valence-corrected chi connectivity index (χ3v) is 8.21. The van der Waals surface area contributed by atoms with E-state index in [1.165, 1.54) is 12.8 Å². The van der Waals surface area contributed by atoms with Gasteiger partial charge in [-0.2, -0.15) is 5.10 Å². The molecule has 3 fully saturated rings. The number of ether oxygens (including phenoxy) is 1. The number of hydrogen-bond donors (Lipinski definition) is 0. The smallest absolute Gasteiger partial charge is 0.274 e. The van der Waals surface area contributed by atoms with Crippen molar-refractivity contribution >= 4 is 15.7 Å². The third kappa shape index (κ3) is 2.56. The normalized spacial score (nSPS) is 27.4. The number of nitrogens with zero attached hydrogens (tertiary/aromatic N) is 3. The minimum absolute atomic E-state index is 0.00553. The molecule has 0 aromatic carbocycles. The van der Waals surface area contributed by atoms with Gasteiger partial charge >= 0.3 is 0 Å². The van der Waals surface area contributed by atoms with Crippen molar-refractivity contribution in [3.63, 3.8) is 0 Å². The van der Waals surface area contributed by atoms with E-state index in [-0.39, 0.29) is 30.7 Å². The van der Waals surface area contributed by atoms with E-state index in [4.69, 9.17) is 4.74 Å². The lowest BCUT2D eigenvalue weighted by atomic mass is 9.83. The Morgan fingerprint density at radius 2 is 2.08 bits per heavy atom. The Bertz CT molecular complexity index is 747. The zero-order valence-electron chi connectivity index (χ0n) is 13.8. The van der Waals surface area contributed by atoms with Gasteiger partial charge in [-0.3, -0.25) is 9.48 Å². The van der Waals surface area contributed by atoms with E-state index in [0.29, 0.717) is 24.6 Å². The summed E-state index contributed by atoms with van der Waals surface area (Å²) in [5, 5.41) is 4.11. The molecular formula is C16H23N3O4S. The molecule has 1 aromatic heterocycles. The molecule has 0 N–H and O–H groups in total. The average Bonchev–Trinajstić information content (AvgIpc) is 3.14. The molecular weight excluding hydrogens is 330 g/mol. The van der Waals surface area contributed by atoms with Crippen LogP contribution in [-0.4, -0.2) is 65.8 Å². The van der Waals surface area contributed by atoms with Gasteiger partial charge in [0.1, 0.15) is 10.4 Å². The second kappa shape index (κ2) is 5.56. The van der Waals surface area contributed by atoms with Crippen molar-refractivity contribution in [1.82, 2.24) is 14.7 Å². The molecule has 3 heterocycles. The highest BCUT2D eigenvalue weighted by Crippen LogP contribution is 2.45. The molecule has 24 heavy (non-hydrogen) atoms. The maximum atomic E-state index is 12.6. The van der Waals surface area contributed by atoms with Crippen molar-refractivity contribution in [3.8, 4) is 0 Å². The van der Waals surface area contributed by atoms with Crippen LogP contribution in [0.15, 0.2) is 12.3 Å². The molecule has 1 atom stereocenters. The summed E-state index contributed by atoms with van der Waals surface area (Å²) < 4.78 is 31.7. The molecule has 1 aromatic rings. The van der Waals surface area contributed by atoms with Gasteiger partial charge in [-0.1, -0.05) is 0 Å². The lowest BCUT2D eigenvalue weighted by molar-refractivity contribution is 0.0224. The number of carbonyl (C=O) groups is 1. The lowest BCUT2D eigenvalue weighted by Crippen LogP contribution is -2.68. The summed E-state index contributed by atoms with van der Waals surface area (Å²) in [6.07, 6.45) is 4.79. The number of hydrogen-bond acceptors (Lipinski definition) is 5. The fourth-order valence-corrected chi connectivity index (χ4v) is 6.20. The van der Waals surface area contributed by atoms with Gasteiger partial charge in [-0.25, -0.2) is 8.42 Å². The zero-order chi connectivity index (χ0) is 16.9. The van der Waals surface area contributed by atoms with Crippen molar-refractivity contribution in [1.29, 1.82) is 0 Å². The van der Waals surface area contributed by atoms with Gasteiger partial charge in [0.2, 0.25) is 0 Å². The van der Waals surface area contributed by atoms with Crippen LogP contribution in [0, 0.1) is 11.8 Å². The van der Waals surface area contributed by atoms with Crippen LogP contribution in [0.2, 0.25) is 0 Å². The Morgan fingerprint density at radius 3 is 2.71 bits per heavy atom. The number of aryl methyl sites for hydroxylation is 1. The van der Waals surface area contributed by atoms with Crippen molar-refractivity contribution in [2.75, 3.05) is 32.1 Å². The Hall–Kier alpha value is -1.41. The lowest BCUT2D eigenvalue weighted by Gasteiger charge is -2.49. The molecule has 1 spiro atoms. The molecule has 1 saturated carbocycles. The Morgan fingerprint density at radius 1 is 1.33 bits per heavy atom. The largest absolute Gasteiger partial charge is 0.381 e. The van der Waals surface area contributed by atoms with E-state index in [1.807, 2.05) is 0 Å². The number of likely N-dealkylation sites (tertiary alicyclic amines) is 1. The highest BCUT2D eigenvalue weighted by molar-refractivity contribution is 7.93. The van der Waals surface area contributed by atoms with Gasteiger partial charge in [0, 0.05) is 38.9 Å². The van der Waals surface area contributed by atoms with Gasteiger partial charge in [0.05, 0.1) is 12.4 Å². The van der Waals surface area contributed by atoms with Crippen LogP contribution in [0.3, 0.4) is 0 Å². The Kier molecular flexibility index (Phi) is 3.72. The summed E-state index contributed by atoms with van der Waals surface area (Å²) in [6.45, 7) is 1.76. The highest BCUT2D eigenvalue weighted by atomic mass is 32.2. The maximum absolute atomic E-state index is 12.6. The zero-order valence-corrected chi connectivity index (χ0v) is 14.7. The topological polar surface area (TPSA) is 81.5 Å². The molecule has 2 aliphatic heterocycles. The third-order valence-electron chi connectivity index (χ3n) is 5.60. The molecule has 0 radical (unpaired) electrons. The number of rotatable bonds is 5. The molecule has 7 nitrogen and oxygen atoms in total. The molecule has 132 valence electrons. The van der Waals surface area contributed by atoms with Crippen molar-refractivity contribution in [3.05, 3.63) is 18.0 Å². The number of aromatic nitrogens is 2. The summed E-state index contributed by atoms with van der Waals surface area (Å²) in [5.74, 6) is 0.674. The van der Waals surface area contributed by atoms with E-state index in [2.05, 4.69) is 5.10 Å². The minimum Gasteiger partial charge on any atom is -0.381 e. The summed E-state index contributed by atoms with van der Waals surface area (Å²) >= 11 is 0. The van der Waals surface area contributed by atoms with Crippen LogP contribution in [0.4, 0.5) is 0 Å². The number of sulfone groups is 1. The molecule has 3 aliphatic rings. The molecule has 0 bridgehead atoms. The maximum Gasteiger partial charge on any atom is 0.274 e. The first-order valence-corrected chi connectivity index (χ1v) is 10.2. The second-order valence-corrected chi connectivity index (χ2v) is 9.84.